The molecule has 0 aromatic rings. The Balaban J connectivity index is 2.05. The second-order valence-electron chi connectivity index (χ2n) is 10.1. The fourth-order valence-corrected chi connectivity index (χ4v) is 6.51. The van der Waals surface area contributed by atoms with Crippen LogP contribution in [0.5, 0.6) is 0 Å². The minimum atomic E-state index is -1.85. The minimum Gasteiger partial charge on any atom is -0.413 e. The van der Waals surface area contributed by atoms with Crippen molar-refractivity contribution in [2.24, 2.45) is 17.3 Å². The topological polar surface area (TPSA) is 26.3 Å². The van der Waals surface area contributed by atoms with E-state index >= 15 is 0 Å². The molecule has 0 unspecified atom stereocenters. The second-order valence-corrected chi connectivity index (χ2v) is 14.9. The van der Waals surface area contributed by atoms with Crippen LogP contribution in [-0.4, -0.2) is 20.2 Å². The summed E-state index contributed by atoms with van der Waals surface area (Å²) in [6, 6.07) is 0. The van der Waals surface area contributed by atoms with Crippen molar-refractivity contribution in [3.63, 3.8) is 0 Å². The van der Waals surface area contributed by atoms with Crippen LogP contribution in [0.3, 0.4) is 0 Å². The van der Waals surface area contributed by atoms with E-state index in [0.29, 0.717) is 11.7 Å². The smallest absolute Gasteiger partial charge is 0.192 e. The van der Waals surface area contributed by atoms with Gasteiger partial charge in [0.25, 0.3) is 0 Å². The zero-order valence-electron chi connectivity index (χ0n) is 16.6. The Bertz CT molecular complexity index is 543. The average molecular weight is 349 g/mol. The summed E-state index contributed by atoms with van der Waals surface area (Å²) in [7, 11) is -1.85. The van der Waals surface area contributed by atoms with E-state index in [1.165, 1.54) is 25.7 Å². The highest BCUT2D eigenvalue weighted by Gasteiger charge is 2.57. The first-order valence-corrected chi connectivity index (χ1v) is 12.9. The molecule has 3 rings (SSSR count). The van der Waals surface area contributed by atoms with Gasteiger partial charge in [-0.25, -0.2) is 0 Å². The van der Waals surface area contributed by atoms with Gasteiger partial charge in [0, 0.05) is 16.9 Å². The molecule has 0 aliphatic heterocycles. The van der Waals surface area contributed by atoms with Crippen molar-refractivity contribution in [1.82, 2.24) is 0 Å². The number of rotatable bonds is 2. The van der Waals surface area contributed by atoms with Crippen molar-refractivity contribution in [3.05, 3.63) is 11.6 Å². The van der Waals surface area contributed by atoms with Crippen LogP contribution in [0.15, 0.2) is 11.6 Å². The molecule has 3 aliphatic carbocycles. The summed E-state index contributed by atoms with van der Waals surface area (Å²) in [6.45, 7) is 13.9. The highest BCUT2D eigenvalue weighted by Crippen LogP contribution is 2.58. The molecule has 3 aliphatic rings. The van der Waals surface area contributed by atoms with Gasteiger partial charge in [0.2, 0.25) is 0 Å². The lowest BCUT2D eigenvalue weighted by Crippen LogP contribution is -2.51. The molecular formula is C21H36O2Si. The molecule has 0 amide bonds. The molecule has 0 aromatic heterocycles. The van der Waals surface area contributed by atoms with Crippen LogP contribution in [-0.2, 0) is 9.22 Å². The van der Waals surface area contributed by atoms with E-state index in [4.69, 9.17) is 4.43 Å². The third kappa shape index (κ3) is 2.86. The number of hydrogen-bond donors (Lipinski definition) is 0. The zero-order valence-corrected chi connectivity index (χ0v) is 17.6. The molecule has 1 spiro atoms. The Morgan fingerprint density at radius 1 is 1.21 bits per heavy atom. The number of carbonyl (C=O) groups is 1. The Hall–Kier alpha value is -0.413. The van der Waals surface area contributed by atoms with Crippen LogP contribution in [0.4, 0.5) is 0 Å². The molecule has 4 atom stereocenters. The molecular weight excluding hydrogens is 312 g/mol. The predicted octanol–water partition coefficient (Wildman–Crippen LogP) is 5.88. The number of ketones is 1. The van der Waals surface area contributed by atoms with E-state index in [0.717, 1.165) is 24.8 Å². The van der Waals surface area contributed by atoms with Crippen LogP contribution in [0.1, 0.15) is 72.6 Å². The van der Waals surface area contributed by atoms with Gasteiger partial charge in [0.1, 0.15) is 0 Å². The van der Waals surface area contributed by atoms with Gasteiger partial charge in [0.15, 0.2) is 14.1 Å². The molecule has 136 valence electrons. The van der Waals surface area contributed by atoms with Crippen molar-refractivity contribution in [1.29, 1.82) is 0 Å². The van der Waals surface area contributed by atoms with Gasteiger partial charge in [0.05, 0.1) is 6.10 Å². The number of fused-ring (bicyclic) bond motifs is 1. The Kier molecular flexibility index (Phi) is 4.66. The number of hydrogen-bond acceptors (Lipinski definition) is 2. The summed E-state index contributed by atoms with van der Waals surface area (Å²) < 4.78 is 7.12. The summed E-state index contributed by atoms with van der Waals surface area (Å²) in [4.78, 5) is 12.9. The fraction of sp³-hybridized carbons (Fsp3) is 0.857. The SMILES string of the molecule is C[C@@H]1C[C@@]23CCCC[C@@H](CCC=C2C1=O)[C@H]3O[Si](C)(C)C(C)(C)C. The molecule has 0 heterocycles. The molecule has 0 aromatic carbocycles. The van der Waals surface area contributed by atoms with E-state index in [-0.39, 0.29) is 22.5 Å². The fourth-order valence-electron chi connectivity index (χ4n) is 5.10. The van der Waals surface area contributed by atoms with Crippen molar-refractivity contribution < 1.29 is 9.22 Å². The predicted molar refractivity (Wildman–Crippen MR) is 103 cm³/mol. The van der Waals surface area contributed by atoms with E-state index in [2.05, 4.69) is 46.9 Å². The lowest BCUT2D eigenvalue weighted by molar-refractivity contribution is -0.117. The first kappa shape index (κ1) is 18.4. The molecule has 2 bridgehead atoms. The third-order valence-electron chi connectivity index (χ3n) is 7.45. The van der Waals surface area contributed by atoms with E-state index in [1.54, 1.807) is 0 Å². The van der Waals surface area contributed by atoms with Crippen molar-refractivity contribution in [3.8, 4) is 0 Å². The van der Waals surface area contributed by atoms with Crippen LogP contribution < -0.4 is 0 Å². The summed E-state index contributed by atoms with van der Waals surface area (Å²) in [5, 5.41) is 0.219. The van der Waals surface area contributed by atoms with E-state index in [9.17, 15) is 4.79 Å². The molecule has 3 heteroatoms. The van der Waals surface area contributed by atoms with Gasteiger partial charge in [-0.1, -0.05) is 46.6 Å². The molecule has 0 N–H and O–H groups in total. The lowest BCUT2D eigenvalue weighted by Gasteiger charge is -2.47. The van der Waals surface area contributed by atoms with Gasteiger partial charge in [-0.3, -0.25) is 4.79 Å². The van der Waals surface area contributed by atoms with Crippen molar-refractivity contribution >= 4 is 14.1 Å². The summed E-state index contributed by atoms with van der Waals surface area (Å²) in [5.74, 6) is 1.23. The number of allylic oxidation sites excluding steroid dienone is 1. The molecule has 0 saturated heterocycles. The van der Waals surface area contributed by atoms with Gasteiger partial charge >= 0.3 is 0 Å². The third-order valence-corrected chi connectivity index (χ3v) is 11.9. The maximum atomic E-state index is 12.9. The second kappa shape index (κ2) is 6.09. The lowest BCUT2D eigenvalue weighted by atomic mass is 9.71. The molecule has 2 fully saturated rings. The van der Waals surface area contributed by atoms with E-state index < -0.39 is 8.32 Å². The quantitative estimate of drug-likeness (QED) is 0.582. The van der Waals surface area contributed by atoms with Gasteiger partial charge in [-0.15, -0.1) is 0 Å². The maximum absolute atomic E-state index is 12.9. The minimum absolute atomic E-state index is 0.0175. The first-order chi connectivity index (χ1) is 11.1. The van der Waals surface area contributed by atoms with Crippen molar-refractivity contribution in [2.75, 3.05) is 0 Å². The monoisotopic (exact) mass is 348 g/mol. The largest absolute Gasteiger partial charge is 0.413 e. The normalized spacial score (nSPS) is 37.5. The summed E-state index contributed by atoms with van der Waals surface area (Å²) in [5.41, 5.74) is 1.17. The standard InChI is InChI=1S/C21H36O2Si/c1-15-14-21-13-8-7-10-16(11-9-12-17(21)18(15)22)19(21)23-24(5,6)20(2,3)4/h12,15-16,19H,7-11,13-14H2,1-6H3/t15-,16+,19-,21+/m1/s1. The van der Waals surface area contributed by atoms with Gasteiger partial charge in [-0.2, -0.15) is 0 Å². The van der Waals surface area contributed by atoms with Crippen LogP contribution in [0, 0.1) is 17.3 Å². The van der Waals surface area contributed by atoms with Crippen LogP contribution in [0.25, 0.3) is 0 Å². The Morgan fingerprint density at radius 3 is 2.58 bits per heavy atom. The Labute approximate surface area is 149 Å². The van der Waals surface area contributed by atoms with Crippen molar-refractivity contribution in [2.45, 2.75) is 96.9 Å². The van der Waals surface area contributed by atoms with Crippen LogP contribution >= 0.6 is 0 Å². The highest BCUT2D eigenvalue weighted by atomic mass is 28.4. The maximum Gasteiger partial charge on any atom is 0.192 e. The molecule has 24 heavy (non-hydrogen) atoms. The van der Waals surface area contributed by atoms with Crippen LogP contribution in [0.2, 0.25) is 18.1 Å². The van der Waals surface area contributed by atoms with E-state index in [1.807, 2.05) is 0 Å². The molecule has 0 radical (unpaired) electrons. The highest BCUT2D eigenvalue weighted by molar-refractivity contribution is 6.74. The van der Waals surface area contributed by atoms with Gasteiger partial charge in [-0.05, 0) is 56.2 Å². The van der Waals surface area contributed by atoms with Gasteiger partial charge < -0.3 is 4.43 Å². The zero-order chi connectivity index (χ0) is 17.8. The molecule has 2 saturated carbocycles. The average Bonchev–Trinajstić information content (AvgIpc) is 2.60. The Morgan fingerprint density at radius 2 is 1.92 bits per heavy atom. The summed E-state index contributed by atoms with van der Waals surface area (Å²) >= 11 is 0. The summed E-state index contributed by atoms with van der Waals surface area (Å²) in [6.07, 6.45) is 10.9. The first-order valence-electron chi connectivity index (χ1n) is 10.0. The number of Topliss-reactive ketones (excluding diaryl/α,β-unsaturated/α-hetero) is 1. The number of carbonyl (C=O) groups excluding carboxylic acids is 1. The molecule has 2 nitrogen and oxygen atoms in total.